The topological polar surface area (TPSA) is 92.2 Å². The fourth-order valence-corrected chi connectivity index (χ4v) is 1.41. The summed E-state index contributed by atoms with van der Waals surface area (Å²) in [5.41, 5.74) is 2.94. The van der Waals surface area contributed by atoms with Crippen LogP contribution in [0.5, 0.6) is 5.75 Å². The van der Waals surface area contributed by atoms with Crippen LogP contribution in [0.25, 0.3) is 0 Å². The summed E-state index contributed by atoms with van der Waals surface area (Å²) in [5.74, 6) is 0.148. The second-order valence-corrected chi connectivity index (χ2v) is 3.62. The number of nitrogens with zero attached hydrogens (tertiary/aromatic N) is 3. The molecule has 15 heavy (non-hydrogen) atoms. The van der Waals surface area contributed by atoms with Crippen LogP contribution in [0.3, 0.4) is 0 Å². The highest BCUT2D eigenvalue weighted by Crippen LogP contribution is 2.22. The molecule has 0 spiro atoms. The van der Waals surface area contributed by atoms with Crippen LogP contribution in [0, 0.1) is 26.2 Å². The van der Waals surface area contributed by atoms with Crippen molar-refractivity contribution in [1.29, 1.82) is 10.5 Å². The van der Waals surface area contributed by atoms with Gasteiger partial charge in [0.05, 0.1) is 5.69 Å². The number of rotatable bonds is 2. The van der Waals surface area contributed by atoms with Gasteiger partial charge in [-0.3, -0.25) is 5.43 Å². The van der Waals surface area contributed by atoms with E-state index in [2.05, 4.69) is 10.5 Å². The summed E-state index contributed by atoms with van der Waals surface area (Å²) in [7, 11) is 0. The highest BCUT2D eigenvalue weighted by atomic mass is 127. The summed E-state index contributed by atoms with van der Waals surface area (Å²) < 4.78 is 0.742. The minimum absolute atomic E-state index is 0.148. The van der Waals surface area contributed by atoms with Crippen molar-refractivity contribution >= 4 is 34.0 Å². The second-order valence-electron chi connectivity index (χ2n) is 2.46. The van der Waals surface area contributed by atoms with Crippen LogP contribution < -0.4 is 5.43 Å². The van der Waals surface area contributed by atoms with Gasteiger partial charge in [-0.05, 0) is 40.8 Å². The van der Waals surface area contributed by atoms with Gasteiger partial charge in [0.15, 0.2) is 0 Å². The van der Waals surface area contributed by atoms with Crippen molar-refractivity contribution in [3.63, 3.8) is 0 Å². The maximum absolute atomic E-state index is 9.13. The normalized spacial score (nSPS) is 8.47. The molecule has 0 saturated heterocycles. The van der Waals surface area contributed by atoms with Crippen molar-refractivity contribution < 1.29 is 5.11 Å². The third kappa shape index (κ3) is 3.11. The van der Waals surface area contributed by atoms with Crippen LogP contribution in [-0.2, 0) is 0 Å². The van der Waals surface area contributed by atoms with Crippen molar-refractivity contribution in [2.75, 3.05) is 5.43 Å². The third-order valence-corrected chi connectivity index (χ3v) is 2.35. The van der Waals surface area contributed by atoms with Gasteiger partial charge < -0.3 is 5.11 Å². The van der Waals surface area contributed by atoms with Gasteiger partial charge in [-0.15, -0.1) is 0 Å². The van der Waals surface area contributed by atoms with Crippen LogP contribution >= 0.6 is 22.6 Å². The number of hydrogen-bond donors (Lipinski definition) is 2. The van der Waals surface area contributed by atoms with Crippen molar-refractivity contribution in [3.05, 3.63) is 21.8 Å². The number of phenolic OH excluding ortho intramolecular Hbond substituents is 1. The number of hydrazone groups is 1. The first-order chi connectivity index (χ1) is 7.17. The molecule has 1 aromatic carbocycles. The van der Waals surface area contributed by atoms with Gasteiger partial charge >= 0.3 is 0 Å². The Morgan fingerprint density at radius 1 is 1.40 bits per heavy atom. The quantitative estimate of drug-likeness (QED) is 0.377. The number of nitrogens with one attached hydrogen (secondary N) is 1. The standard InChI is InChI=1S/C9H5IN4O/c10-8-3-7(15)1-2-9(8)14-13-6(4-11)5-12/h1-3,14-15H. The lowest BCUT2D eigenvalue weighted by Gasteiger charge is -2.02. The largest absolute Gasteiger partial charge is 0.508 e. The van der Waals surface area contributed by atoms with Gasteiger partial charge in [0.2, 0.25) is 5.71 Å². The van der Waals surface area contributed by atoms with E-state index in [4.69, 9.17) is 15.6 Å². The molecule has 0 bridgehead atoms. The molecule has 0 radical (unpaired) electrons. The monoisotopic (exact) mass is 312 g/mol. The van der Waals surface area contributed by atoms with Gasteiger partial charge in [0.1, 0.15) is 17.9 Å². The highest BCUT2D eigenvalue weighted by Gasteiger charge is 2.00. The van der Waals surface area contributed by atoms with E-state index in [1.54, 1.807) is 18.2 Å². The molecule has 1 aromatic rings. The SMILES string of the molecule is N#CC(C#N)=NNc1ccc(O)cc1I. The van der Waals surface area contributed by atoms with Crippen LogP contribution in [0.2, 0.25) is 0 Å². The highest BCUT2D eigenvalue weighted by molar-refractivity contribution is 14.1. The Hall–Kier alpha value is -1.80. The zero-order valence-corrected chi connectivity index (χ0v) is 9.56. The van der Waals surface area contributed by atoms with E-state index < -0.39 is 0 Å². The van der Waals surface area contributed by atoms with E-state index in [1.165, 1.54) is 12.1 Å². The first-order valence-electron chi connectivity index (χ1n) is 3.80. The number of aromatic hydroxyl groups is 1. The summed E-state index contributed by atoms with van der Waals surface area (Å²) in [6, 6.07) is 7.88. The molecular weight excluding hydrogens is 307 g/mol. The van der Waals surface area contributed by atoms with E-state index in [0.717, 1.165) is 3.57 Å². The number of benzene rings is 1. The summed E-state index contributed by atoms with van der Waals surface area (Å²) in [6.45, 7) is 0. The molecule has 0 aliphatic carbocycles. The predicted octanol–water partition coefficient (Wildman–Crippen LogP) is 1.81. The van der Waals surface area contributed by atoms with Crippen LogP contribution in [-0.4, -0.2) is 10.8 Å². The zero-order chi connectivity index (χ0) is 11.3. The Bertz CT molecular complexity index is 468. The van der Waals surface area contributed by atoms with Gasteiger partial charge in [0.25, 0.3) is 0 Å². The molecule has 6 heteroatoms. The van der Waals surface area contributed by atoms with Crippen molar-refractivity contribution in [2.24, 2.45) is 5.10 Å². The Balaban J connectivity index is 2.89. The lowest BCUT2D eigenvalue weighted by atomic mass is 10.3. The van der Waals surface area contributed by atoms with E-state index >= 15 is 0 Å². The molecule has 0 aromatic heterocycles. The number of hydrogen-bond acceptors (Lipinski definition) is 5. The average Bonchev–Trinajstić information content (AvgIpc) is 2.22. The van der Waals surface area contributed by atoms with Gasteiger partial charge in [0, 0.05) is 3.57 Å². The van der Waals surface area contributed by atoms with Crippen LogP contribution in [0.1, 0.15) is 0 Å². The third-order valence-electron chi connectivity index (χ3n) is 1.45. The molecule has 0 atom stereocenters. The number of phenols is 1. The summed E-state index contributed by atoms with van der Waals surface area (Å²) >= 11 is 2.00. The minimum Gasteiger partial charge on any atom is -0.508 e. The molecule has 0 heterocycles. The van der Waals surface area contributed by atoms with Crippen LogP contribution in [0.15, 0.2) is 23.3 Å². The molecule has 2 N–H and O–H groups in total. The smallest absolute Gasteiger partial charge is 0.237 e. The lowest BCUT2D eigenvalue weighted by molar-refractivity contribution is 0.475. The van der Waals surface area contributed by atoms with Crippen LogP contribution in [0.4, 0.5) is 5.69 Å². The Kier molecular flexibility index (Phi) is 3.89. The van der Waals surface area contributed by atoms with Crippen molar-refractivity contribution in [1.82, 2.24) is 0 Å². The summed E-state index contributed by atoms with van der Waals surface area (Å²) in [6.07, 6.45) is 0. The maximum Gasteiger partial charge on any atom is 0.237 e. The molecule has 74 valence electrons. The summed E-state index contributed by atoms with van der Waals surface area (Å²) in [5, 5.41) is 29.6. The molecule has 1 rings (SSSR count). The van der Waals surface area contributed by atoms with E-state index in [-0.39, 0.29) is 11.5 Å². The molecule has 5 nitrogen and oxygen atoms in total. The van der Waals surface area contributed by atoms with E-state index in [1.807, 2.05) is 22.6 Å². The second kappa shape index (κ2) is 5.17. The molecule has 0 aliphatic rings. The average molecular weight is 312 g/mol. The van der Waals surface area contributed by atoms with Crippen molar-refractivity contribution in [3.8, 4) is 17.9 Å². The maximum atomic E-state index is 9.13. The van der Waals surface area contributed by atoms with Gasteiger partial charge in [-0.2, -0.15) is 15.6 Å². The predicted molar refractivity (Wildman–Crippen MR) is 63.1 cm³/mol. The number of anilines is 1. The molecule has 0 aliphatic heterocycles. The fraction of sp³-hybridized carbons (Fsp3) is 0. The first-order valence-corrected chi connectivity index (χ1v) is 4.87. The minimum atomic E-state index is -0.251. The lowest BCUT2D eigenvalue weighted by Crippen LogP contribution is -1.97. The summed E-state index contributed by atoms with van der Waals surface area (Å²) in [4.78, 5) is 0. The Morgan fingerprint density at radius 3 is 2.60 bits per heavy atom. The zero-order valence-electron chi connectivity index (χ0n) is 7.40. The fourth-order valence-electron chi connectivity index (χ4n) is 0.786. The molecule has 0 fully saturated rings. The number of halogens is 1. The van der Waals surface area contributed by atoms with E-state index in [9.17, 15) is 0 Å². The first kappa shape index (κ1) is 11.3. The van der Waals surface area contributed by atoms with Gasteiger partial charge in [-0.25, -0.2) is 0 Å². The number of nitriles is 2. The van der Waals surface area contributed by atoms with Gasteiger partial charge in [-0.1, -0.05) is 0 Å². The molecular formula is C9H5IN4O. The molecule has 0 amide bonds. The Morgan fingerprint density at radius 2 is 2.07 bits per heavy atom. The molecule has 0 saturated carbocycles. The molecule has 0 unspecified atom stereocenters. The Labute approximate surface area is 99.8 Å². The van der Waals surface area contributed by atoms with Crippen molar-refractivity contribution in [2.45, 2.75) is 0 Å². The van der Waals surface area contributed by atoms with E-state index in [0.29, 0.717) is 5.69 Å².